The van der Waals surface area contributed by atoms with Crippen LogP contribution in [0.25, 0.3) is 11.1 Å². The number of nitrogens with zero attached hydrogens (tertiary/aromatic N) is 3. The van der Waals surface area contributed by atoms with E-state index < -0.39 is 6.04 Å². The van der Waals surface area contributed by atoms with Gasteiger partial charge in [0, 0.05) is 25.1 Å². The minimum absolute atomic E-state index is 0.190. The third-order valence-corrected chi connectivity index (χ3v) is 7.73. The minimum Gasteiger partial charge on any atom is -0.391 e. The summed E-state index contributed by atoms with van der Waals surface area (Å²) in [6, 6.07) is 22.0. The summed E-state index contributed by atoms with van der Waals surface area (Å²) in [6.45, 7) is 7.64. The Balaban J connectivity index is 1.47. The number of likely N-dealkylation sites (tertiary alicyclic amines) is 1. The van der Waals surface area contributed by atoms with Crippen LogP contribution in [0.5, 0.6) is 0 Å². The summed E-state index contributed by atoms with van der Waals surface area (Å²) >= 11 is 12.1. The SMILES string of the molecule is CCN(CC)CCNC(=O)C1C/C(=N/OCc2ccc(Cl)c(Cl)c2)CN1C(=O)c1ccc(-c2ccccc2)cc1. The van der Waals surface area contributed by atoms with Gasteiger partial charge in [0.05, 0.1) is 22.3 Å². The molecule has 1 atom stereocenters. The van der Waals surface area contributed by atoms with Crippen LogP contribution in [0.4, 0.5) is 0 Å². The third kappa shape index (κ3) is 7.62. The van der Waals surface area contributed by atoms with E-state index in [2.05, 4.69) is 29.2 Å². The number of nitrogens with one attached hydrogen (secondary N) is 1. The van der Waals surface area contributed by atoms with Crippen LogP contribution in [-0.2, 0) is 16.2 Å². The van der Waals surface area contributed by atoms with Gasteiger partial charge in [0.2, 0.25) is 5.91 Å². The molecule has 1 aliphatic rings. The summed E-state index contributed by atoms with van der Waals surface area (Å²) in [7, 11) is 0. The van der Waals surface area contributed by atoms with E-state index >= 15 is 0 Å². The van der Waals surface area contributed by atoms with Crippen molar-refractivity contribution in [1.29, 1.82) is 0 Å². The van der Waals surface area contributed by atoms with E-state index in [-0.39, 0.29) is 25.0 Å². The number of hydrogen-bond donors (Lipinski definition) is 1. The maximum Gasteiger partial charge on any atom is 0.254 e. The molecule has 1 aliphatic heterocycles. The molecule has 0 bridgehead atoms. The molecule has 0 saturated carbocycles. The van der Waals surface area contributed by atoms with Gasteiger partial charge in [-0.1, -0.05) is 90.7 Å². The second kappa shape index (κ2) is 14.3. The lowest BCUT2D eigenvalue weighted by Gasteiger charge is -2.24. The Morgan fingerprint density at radius 3 is 2.35 bits per heavy atom. The van der Waals surface area contributed by atoms with E-state index in [1.807, 2.05) is 48.5 Å². The average Bonchev–Trinajstić information content (AvgIpc) is 3.41. The molecule has 0 spiro atoms. The molecule has 40 heavy (non-hydrogen) atoms. The highest BCUT2D eigenvalue weighted by Crippen LogP contribution is 2.25. The second-order valence-electron chi connectivity index (χ2n) is 9.59. The maximum absolute atomic E-state index is 13.6. The lowest BCUT2D eigenvalue weighted by Crippen LogP contribution is -2.47. The molecule has 1 saturated heterocycles. The van der Waals surface area contributed by atoms with Crippen LogP contribution in [0.1, 0.15) is 36.2 Å². The summed E-state index contributed by atoms with van der Waals surface area (Å²) in [6.07, 6.45) is 0.298. The van der Waals surface area contributed by atoms with Crippen molar-refractivity contribution in [2.75, 3.05) is 32.7 Å². The smallest absolute Gasteiger partial charge is 0.254 e. The summed E-state index contributed by atoms with van der Waals surface area (Å²) in [5.41, 5.74) is 4.04. The zero-order valence-electron chi connectivity index (χ0n) is 22.8. The quantitative estimate of drug-likeness (QED) is 0.286. The Kier molecular flexibility index (Phi) is 10.6. The van der Waals surface area contributed by atoms with Gasteiger partial charge in [0.25, 0.3) is 5.91 Å². The molecule has 0 aliphatic carbocycles. The molecule has 4 rings (SSSR count). The number of rotatable bonds is 11. The molecule has 3 aromatic rings. The van der Waals surface area contributed by atoms with E-state index in [0.717, 1.165) is 36.3 Å². The van der Waals surface area contributed by atoms with Crippen molar-refractivity contribution < 1.29 is 14.4 Å². The van der Waals surface area contributed by atoms with Gasteiger partial charge < -0.3 is 20.0 Å². The van der Waals surface area contributed by atoms with Gasteiger partial charge in [0.15, 0.2) is 0 Å². The first kappa shape index (κ1) is 29.6. The molecular formula is C31H34Cl2N4O3. The highest BCUT2D eigenvalue weighted by Gasteiger charge is 2.38. The van der Waals surface area contributed by atoms with Gasteiger partial charge in [0.1, 0.15) is 12.6 Å². The molecule has 2 amide bonds. The molecule has 1 fully saturated rings. The Bertz CT molecular complexity index is 1330. The van der Waals surface area contributed by atoms with E-state index in [9.17, 15) is 9.59 Å². The van der Waals surface area contributed by atoms with Crippen molar-refractivity contribution >= 4 is 40.7 Å². The first-order valence-corrected chi connectivity index (χ1v) is 14.2. The van der Waals surface area contributed by atoms with Crippen molar-refractivity contribution in [3.63, 3.8) is 0 Å². The molecule has 210 valence electrons. The zero-order chi connectivity index (χ0) is 28.5. The van der Waals surface area contributed by atoms with Crippen LogP contribution in [-0.4, -0.2) is 66.1 Å². The number of oxime groups is 1. The fraction of sp³-hybridized carbons (Fsp3) is 0.323. The summed E-state index contributed by atoms with van der Waals surface area (Å²) in [5, 5.41) is 8.19. The highest BCUT2D eigenvalue weighted by atomic mass is 35.5. The first-order chi connectivity index (χ1) is 19.4. The van der Waals surface area contributed by atoms with Crippen molar-refractivity contribution in [1.82, 2.24) is 15.1 Å². The fourth-order valence-corrected chi connectivity index (χ4v) is 4.96. The Morgan fingerprint density at radius 1 is 0.975 bits per heavy atom. The Labute approximate surface area is 245 Å². The van der Waals surface area contributed by atoms with Crippen LogP contribution in [0.2, 0.25) is 10.0 Å². The minimum atomic E-state index is -0.676. The third-order valence-electron chi connectivity index (χ3n) is 6.99. The van der Waals surface area contributed by atoms with Gasteiger partial charge >= 0.3 is 0 Å². The lowest BCUT2D eigenvalue weighted by molar-refractivity contribution is -0.124. The standard InChI is InChI=1S/C31H34Cl2N4O3/c1-3-36(4-2)17-16-34-30(38)29-19-26(35-40-21-22-10-15-27(32)28(33)18-22)20-37(29)31(39)25-13-11-24(12-14-25)23-8-6-5-7-9-23/h5-15,18,29H,3-4,16-17,19-21H2,1-2H3,(H,34,38)/b35-26-. The highest BCUT2D eigenvalue weighted by molar-refractivity contribution is 6.42. The molecule has 1 heterocycles. The fourth-order valence-electron chi connectivity index (χ4n) is 4.64. The average molecular weight is 582 g/mol. The van der Waals surface area contributed by atoms with E-state index in [1.165, 1.54) is 0 Å². The van der Waals surface area contributed by atoms with Gasteiger partial charge in [-0.2, -0.15) is 0 Å². The summed E-state index contributed by atoms with van der Waals surface area (Å²) in [4.78, 5) is 36.2. The number of hydrogen-bond acceptors (Lipinski definition) is 5. The molecule has 9 heteroatoms. The van der Waals surface area contributed by atoms with Gasteiger partial charge in [-0.25, -0.2) is 0 Å². The van der Waals surface area contributed by atoms with Crippen LogP contribution in [0.15, 0.2) is 78.0 Å². The normalized spacial score (nSPS) is 16.0. The van der Waals surface area contributed by atoms with Crippen LogP contribution < -0.4 is 5.32 Å². The predicted molar refractivity (Wildman–Crippen MR) is 161 cm³/mol. The molecule has 0 aromatic heterocycles. The second-order valence-corrected chi connectivity index (χ2v) is 10.4. The Hall–Kier alpha value is -3.39. The van der Waals surface area contributed by atoms with Crippen LogP contribution >= 0.6 is 23.2 Å². The van der Waals surface area contributed by atoms with Crippen molar-refractivity contribution in [2.45, 2.75) is 32.9 Å². The number of likely N-dealkylation sites (N-methyl/N-ethyl adjacent to an activating group) is 1. The number of carbonyl (C=O) groups is 2. The van der Waals surface area contributed by atoms with E-state index in [0.29, 0.717) is 34.3 Å². The van der Waals surface area contributed by atoms with Crippen molar-refractivity contribution in [3.05, 3.63) is 94.0 Å². The largest absolute Gasteiger partial charge is 0.391 e. The molecule has 3 aromatic carbocycles. The number of benzene rings is 3. The van der Waals surface area contributed by atoms with E-state index in [4.69, 9.17) is 28.0 Å². The van der Waals surface area contributed by atoms with E-state index in [1.54, 1.807) is 29.2 Å². The van der Waals surface area contributed by atoms with Crippen molar-refractivity contribution in [2.24, 2.45) is 5.16 Å². The van der Waals surface area contributed by atoms with Gasteiger partial charge in [-0.3, -0.25) is 9.59 Å². The van der Waals surface area contributed by atoms with Crippen LogP contribution in [0, 0.1) is 0 Å². The monoisotopic (exact) mass is 580 g/mol. The first-order valence-electron chi connectivity index (χ1n) is 13.5. The number of halogens is 2. The number of carbonyl (C=O) groups excluding carboxylic acids is 2. The van der Waals surface area contributed by atoms with Gasteiger partial charge in [-0.15, -0.1) is 0 Å². The molecule has 1 unspecified atom stereocenters. The summed E-state index contributed by atoms with van der Waals surface area (Å²) in [5.74, 6) is -0.422. The molecule has 0 radical (unpaired) electrons. The maximum atomic E-state index is 13.6. The topological polar surface area (TPSA) is 74.2 Å². The predicted octanol–water partition coefficient (Wildman–Crippen LogP) is 5.91. The summed E-state index contributed by atoms with van der Waals surface area (Å²) < 4.78 is 0. The lowest BCUT2D eigenvalue weighted by atomic mass is 10.0. The molecular weight excluding hydrogens is 547 g/mol. The number of amides is 2. The van der Waals surface area contributed by atoms with Crippen molar-refractivity contribution in [3.8, 4) is 11.1 Å². The van der Waals surface area contributed by atoms with Crippen LogP contribution in [0.3, 0.4) is 0 Å². The zero-order valence-corrected chi connectivity index (χ0v) is 24.3. The molecule has 1 N–H and O–H groups in total. The Morgan fingerprint density at radius 2 is 1.68 bits per heavy atom. The molecule has 7 nitrogen and oxygen atoms in total. The van der Waals surface area contributed by atoms with Gasteiger partial charge in [-0.05, 0) is 54.0 Å².